The number of hydrogen-bond donors (Lipinski definition) is 0. The van der Waals surface area contributed by atoms with Crippen LogP contribution in [0.2, 0.25) is 0 Å². The van der Waals surface area contributed by atoms with Gasteiger partial charge in [-0.05, 0) is 19.8 Å². The first kappa shape index (κ1) is 27.0. The third-order valence-corrected chi connectivity index (χ3v) is 5.98. The molecule has 0 N–H and O–H groups in total. The minimum Gasteiger partial charge on any atom is -0.379 e. The third-order valence-electron chi connectivity index (χ3n) is 5.98. The third kappa shape index (κ3) is 23.9. The molecule has 1 heteroatoms. The zero-order valence-corrected chi connectivity index (χ0v) is 19.5. The van der Waals surface area contributed by atoms with Gasteiger partial charge in [-0.25, -0.2) is 0 Å². The van der Waals surface area contributed by atoms with Crippen molar-refractivity contribution < 1.29 is 4.74 Å². The van der Waals surface area contributed by atoms with Crippen LogP contribution in [0.3, 0.4) is 0 Å². The maximum absolute atomic E-state index is 5.73. The molecule has 0 aromatic carbocycles. The van der Waals surface area contributed by atoms with Crippen LogP contribution in [0, 0.1) is 0 Å². The molecule has 0 saturated heterocycles. The van der Waals surface area contributed by atoms with Gasteiger partial charge in [0.1, 0.15) is 0 Å². The van der Waals surface area contributed by atoms with Gasteiger partial charge in [-0.15, -0.1) is 0 Å². The number of hydrogen-bond acceptors (Lipinski definition) is 1. The molecule has 0 heterocycles. The van der Waals surface area contributed by atoms with E-state index >= 15 is 0 Å². The largest absolute Gasteiger partial charge is 0.379 e. The van der Waals surface area contributed by atoms with Crippen LogP contribution >= 0.6 is 0 Å². The summed E-state index contributed by atoms with van der Waals surface area (Å²) in [4.78, 5) is 0. The van der Waals surface area contributed by atoms with Gasteiger partial charge in [-0.3, -0.25) is 0 Å². The summed E-state index contributed by atoms with van der Waals surface area (Å²) in [7, 11) is 0. The van der Waals surface area contributed by atoms with Crippen molar-refractivity contribution in [3.8, 4) is 0 Å². The van der Waals surface area contributed by atoms with Crippen molar-refractivity contribution in [2.24, 2.45) is 0 Å². The Morgan fingerprint density at radius 2 is 0.741 bits per heavy atom. The maximum Gasteiger partial charge on any atom is 0.0544 e. The molecule has 0 aliphatic carbocycles. The van der Waals surface area contributed by atoms with Crippen LogP contribution in [0.5, 0.6) is 0 Å². The standard InChI is InChI=1S/C26H54O/c1-4-6-7-8-9-10-11-12-13-14-15-16-17-18-19-20-21-22-23-24-25-27-26(3)5-2/h26H,4-25H2,1-3H3. The molecule has 1 atom stereocenters. The molecule has 1 nitrogen and oxygen atoms in total. The summed E-state index contributed by atoms with van der Waals surface area (Å²) >= 11 is 0. The van der Waals surface area contributed by atoms with E-state index in [2.05, 4.69) is 20.8 Å². The summed E-state index contributed by atoms with van der Waals surface area (Å²) < 4.78 is 5.73. The Hall–Kier alpha value is -0.0400. The van der Waals surface area contributed by atoms with E-state index in [4.69, 9.17) is 4.74 Å². The van der Waals surface area contributed by atoms with E-state index in [1.807, 2.05) is 0 Å². The molecule has 0 rings (SSSR count). The maximum atomic E-state index is 5.73. The average molecular weight is 383 g/mol. The van der Waals surface area contributed by atoms with Crippen LogP contribution < -0.4 is 0 Å². The quantitative estimate of drug-likeness (QED) is 0.160. The summed E-state index contributed by atoms with van der Waals surface area (Å²) in [6, 6.07) is 0. The summed E-state index contributed by atoms with van der Waals surface area (Å²) in [6.07, 6.45) is 30.5. The normalized spacial score (nSPS) is 12.6. The minimum atomic E-state index is 0.449. The van der Waals surface area contributed by atoms with Gasteiger partial charge in [-0.2, -0.15) is 0 Å². The zero-order chi connectivity index (χ0) is 19.8. The lowest BCUT2D eigenvalue weighted by Gasteiger charge is -2.09. The average Bonchev–Trinajstić information content (AvgIpc) is 2.68. The molecule has 1 unspecified atom stereocenters. The molecule has 0 aliphatic rings. The first-order valence-electron chi connectivity index (χ1n) is 12.9. The van der Waals surface area contributed by atoms with Gasteiger partial charge in [0.2, 0.25) is 0 Å². The van der Waals surface area contributed by atoms with Crippen molar-refractivity contribution >= 4 is 0 Å². The van der Waals surface area contributed by atoms with Crippen molar-refractivity contribution in [1.82, 2.24) is 0 Å². The molecule has 0 spiro atoms. The van der Waals surface area contributed by atoms with Crippen molar-refractivity contribution in [3.63, 3.8) is 0 Å². The van der Waals surface area contributed by atoms with E-state index in [1.54, 1.807) is 0 Å². The highest BCUT2D eigenvalue weighted by molar-refractivity contribution is 4.51. The Balaban J connectivity index is 2.99. The topological polar surface area (TPSA) is 9.23 Å². The molecule has 0 fully saturated rings. The highest BCUT2D eigenvalue weighted by Crippen LogP contribution is 2.14. The lowest BCUT2D eigenvalue weighted by molar-refractivity contribution is 0.0608. The number of unbranched alkanes of at least 4 members (excludes halogenated alkanes) is 19. The lowest BCUT2D eigenvalue weighted by atomic mass is 10.0. The van der Waals surface area contributed by atoms with Crippen LogP contribution in [0.1, 0.15) is 156 Å². The fourth-order valence-corrected chi connectivity index (χ4v) is 3.76. The fourth-order valence-electron chi connectivity index (χ4n) is 3.76. The molecule has 0 aromatic heterocycles. The second kappa shape index (κ2) is 24.0. The van der Waals surface area contributed by atoms with Crippen molar-refractivity contribution in [2.75, 3.05) is 6.61 Å². The van der Waals surface area contributed by atoms with Gasteiger partial charge in [0.05, 0.1) is 6.10 Å². The van der Waals surface area contributed by atoms with Gasteiger partial charge in [0.15, 0.2) is 0 Å². The molecular formula is C26H54O. The summed E-state index contributed by atoms with van der Waals surface area (Å²) in [5, 5.41) is 0. The van der Waals surface area contributed by atoms with Crippen molar-refractivity contribution in [3.05, 3.63) is 0 Å². The van der Waals surface area contributed by atoms with Gasteiger partial charge in [0.25, 0.3) is 0 Å². The predicted molar refractivity (Wildman–Crippen MR) is 124 cm³/mol. The fraction of sp³-hybridized carbons (Fsp3) is 1.00. The smallest absolute Gasteiger partial charge is 0.0544 e. The first-order chi connectivity index (χ1) is 13.3. The van der Waals surface area contributed by atoms with Crippen LogP contribution in [-0.4, -0.2) is 12.7 Å². The van der Waals surface area contributed by atoms with E-state index in [0.717, 1.165) is 13.0 Å². The molecule has 27 heavy (non-hydrogen) atoms. The van der Waals surface area contributed by atoms with E-state index in [9.17, 15) is 0 Å². The van der Waals surface area contributed by atoms with Gasteiger partial charge in [-0.1, -0.05) is 136 Å². The molecule has 0 amide bonds. The number of rotatable bonds is 23. The van der Waals surface area contributed by atoms with Crippen LogP contribution in [0.25, 0.3) is 0 Å². The molecule has 0 aliphatic heterocycles. The molecule has 0 saturated carbocycles. The minimum absolute atomic E-state index is 0.449. The Morgan fingerprint density at radius 3 is 1.04 bits per heavy atom. The molecular weight excluding hydrogens is 328 g/mol. The second-order valence-electron chi connectivity index (χ2n) is 8.81. The van der Waals surface area contributed by atoms with Crippen LogP contribution in [-0.2, 0) is 4.74 Å². The van der Waals surface area contributed by atoms with E-state index < -0.39 is 0 Å². The summed E-state index contributed by atoms with van der Waals surface area (Å²) in [6.45, 7) is 7.64. The van der Waals surface area contributed by atoms with E-state index in [-0.39, 0.29) is 0 Å². The summed E-state index contributed by atoms with van der Waals surface area (Å²) in [5.41, 5.74) is 0. The van der Waals surface area contributed by atoms with Crippen LogP contribution in [0.4, 0.5) is 0 Å². The monoisotopic (exact) mass is 382 g/mol. The highest BCUT2D eigenvalue weighted by atomic mass is 16.5. The first-order valence-corrected chi connectivity index (χ1v) is 12.9. The van der Waals surface area contributed by atoms with Gasteiger partial charge in [0, 0.05) is 6.61 Å². The lowest BCUT2D eigenvalue weighted by Crippen LogP contribution is -2.07. The SMILES string of the molecule is CCCCCCCCCCCCCCCCCCCCCCOC(C)CC. The second-order valence-corrected chi connectivity index (χ2v) is 8.81. The molecule has 0 radical (unpaired) electrons. The Bertz CT molecular complexity index is 251. The highest BCUT2D eigenvalue weighted by Gasteiger charge is 1.98. The predicted octanol–water partition coefficient (Wildman–Crippen LogP) is 9.62. The van der Waals surface area contributed by atoms with Crippen molar-refractivity contribution in [1.29, 1.82) is 0 Å². The summed E-state index contributed by atoms with van der Waals surface area (Å²) in [5.74, 6) is 0. The Morgan fingerprint density at radius 1 is 0.444 bits per heavy atom. The number of ether oxygens (including phenoxy) is 1. The zero-order valence-electron chi connectivity index (χ0n) is 19.5. The van der Waals surface area contributed by atoms with E-state index in [0.29, 0.717) is 6.10 Å². The van der Waals surface area contributed by atoms with E-state index in [1.165, 1.54) is 128 Å². The molecule has 0 aromatic rings. The van der Waals surface area contributed by atoms with Gasteiger partial charge < -0.3 is 4.74 Å². The van der Waals surface area contributed by atoms with Crippen molar-refractivity contribution in [2.45, 2.75) is 162 Å². The molecule has 164 valence electrons. The van der Waals surface area contributed by atoms with Gasteiger partial charge >= 0.3 is 0 Å². The van der Waals surface area contributed by atoms with Crippen LogP contribution in [0.15, 0.2) is 0 Å². The molecule has 0 bridgehead atoms. The Kier molecular flexibility index (Phi) is 24.0. The Labute approximate surface area is 173 Å².